The molecule has 0 aromatic rings. The van der Waals surface area contributed by atoms with E-state index in [4.69, 9.17) is 9.47 Å². The highest BCUT2D eigenvalue weighted by Crippen LogP contribution is 2.55. The van der Waals surface area contributed by atoms with E-state index in [0.717, 1.165) is 12.8 Å². The summed E-state index contributed by atoms with van der Waals surface area (Å²) in [7, 11) is 1.38. The van der Waals surface area contributed by atoms with E-state index in [-0.39, 0.29) is 24.5 Å². The van der Waals surface area contributed by atoms with Gasteiger partial charge in [0, 0.05) is 12.6 Å². The highest BCUT2D eigenvalue weighted by Gasteiger charge is 2.49. The third-order valence-electron chi connectivity index (χ3n) is 4.21. The molecule has 1 aliphatic heterocycles. The van der Waals surface area contributed by atoms with Crippen molar-refractivity contribution in [1.29, 1.82) is 0 Å². The predicted molar refractivity (Wildman–Crippen MR) is 74.3 cm³/mol. The fourth-order valence-corrected chi connectivity index (χ4v) is 2.90. The molecule has 0 bridgehead atoms. The maximum Gasteiger partial charge on any atom is 0.410 e. The average molecular weight is 283 g/mol. The van der Waals surface area contributed by atoms with E-state index in [1.807, 2.05) is 20.8 Å². The maximum absolute atomic E-state index is 12.3. The molecule has 0 N–H and O–H groups in total. The molecule has 1 atom stereocenters. The quantitative estimate of drug-likeness (QED) is 0.731. The van der Waals surface area contributed by atoms with Gasteiger partial charge in [-0.1, -0.05) is 0 Å². The number of rotatable bonds is 2. The molecule has 1 aliphatic carbocycles. The Morgan fingerprint density at radius 3 is 2.40 bits per heavy atom. The van der Waals surface area contributed by atoms with Gasteiger partial charge >= 0.3 is 12.1 Å². The second-order valence-corrected chi connectivity index (χ2v) is 7.06. The molecule has 1 heterocycles. The lowest BCUT2D eigenvalue weighted by molar-refractivity contribution is -0.142. The Morgan fingerprint density at radius 2 is 1.90 bits per heavy atom. The highest BCUT2D eigenvalue weighted by atomic mass is 16.6. The topological polar surface area (TPSA) is 55.8 Å². The Labute approximate surface area is 120 Å². The minimum atomic E-state index is -0.512. The smallest absolute Gasteiger partial charge is 0.410 e. The molecule has 1 saturated heterocycles. The Kier molecular flexibility index (Phi) is 3.98. The monoisotopic (exact) mass is 283 g/mol. The van der Waals surface area contributed by atoms with Gasteiger partial charge in [-0.05, 0) is 51.9 Å². The number of esters is 1. The first-order chi connectivity index (χ1) is 9.25. The lowest BCUT2D eigenvalue weighted by Gasteiger charge is -2.40. The number of amides is 1. The molecular formula is C15H25NO4. The van der Waals surface area contributed by atoms with Gasteiger partial charge in [0.25, 0.3) is 0 Å². The summed E-state index contributed by atoms with van der Waals surface area (Å²) in [5, 5.41) is 0. The first kappa shape index (κ1) is 15.1. The standard InChI is InChI=1S/C15H25NO4/c1-14(2,3)20-13(18)16-8-7-15(5-6-15)10-11(16)9-12(17)19-4/h11H,5-10H2,1-4H3/t11-/m0/s1. The normalized spacial score (nSPS) is 24.4. The Hall–Kier alpha value is -1.26. The summed E-state index contributed by atoms with van der Waals surface area (Å²) >= 11 is 0. The van der Waals surface area contributed by atoms with Crippen LogP contribution in [0.25, 0.3) is 0 Å². The van der Waals surface area contributed by atoms with Gasteiger partial charge in [0.1, 0.15) is 5.60 Å². The summed E-state index contributed by atoms with van der Waals surface area (Å²) in [6.45, 7) is 6.24. The van der Waals surface area contributed by atoms with Crippen LogP contribution < -0.4 is 0 Å². The lowest BCUT2D eigenvalue weighted by atomic mass is 9.87. The summed E-state index contributed by atoms with van der Waals surface area (Å²) < 4.78 is 10.2. The number of hydrogen-bond acceptors (Lipinski definition) is 4. The molecule has 114 valence electrons. The Balaban J connectivity index is 2.04. The van der Waals surface area contributed by atoms with Gasteiger partial charge in [0.05, 0.1) is 13.5 Å². The van der Waals surface area contributed by atoms with Crippen LogP contribution in [0.15, 0.2) is 0 Å². The fraction of sp³-hybridized carbons (Fsp3) is 0.867. The van der Waals surface area contributed by atoms with Gasteiger partial charge in [0.15, 0.2) is 0 Å². The summed E-state index contributed by atoms with van der Waals surface area (Å²) in [6, 6.07) is -0.0893. The zero-order valence-corrected chi connectivity index (χ0v) is 12.9. The Bertz CT molecular complexity index is 395. The predicted octanol–water partition coefficient (Wildman–Crippen LogP) is 2.73. The molecule has 1 amide bonds. The van der Waals surface area contributed by atoms with E-state index in [1.54, 1.807) is 4.90 Å². The van der Waals surface area contributed by atoms with Crippen molar-refractivity contribution in [3.63, 3.8) is 0 Å². The van der Waals surface area contributed by atoms with Crippen LogP contribution in [0.1, 0.15) is 52.9 Å². The third kappa shape index (κ3) is 3.64. The number of methoxy groups -OCH3 is 1. The number of hydrogen-bond donors (Lipinski definition) is 0. The van der Waals surface area contributed by atoms with E-state index in [2.05, 4.69) is 0 Å². The van der Waals surface area contributed by atoms with E-state index in [1.165, 1.54) is 20.0 Å². The van der Waals surface area contributed by atoms with Gasteiger partial charge in [-0.15, -0.1) is 0 Å². The number of ether oxygens (including phenoxy) is 2. The minimum absolute atomic E-state index is 0.0893. The van der Waals surface area contributed by atoms with E-state index >= 15 is 0 Å². The van der Waals surface area contributed by atoms with Gasteiger partial charge in [0.2, 0.25) is 0 Å². The van der Waals surface area contributed by atoms with Gasteiger partial charge in [-0.3, -0.25) is 4.79 Å². The summed E-state index contributed by atoms with van der Waals surface area (Å²) in [5.41, 5.74) is -0.140. The zero-order chi connectivity index (χ0) is 15.0. The van der Waals surface area contributed by atoms with Crippen LogP contribution in [0.4, 0.5) is 4.79 Å². The summed E-state index contributed by atoms with van der Waals surface area (Å²) in [5.74, 6) is -0.263. The zero-order valence-electron chi connectivity index (χ0n) is 12.9. The van der Waals surface area contributed by atoms with E-state index in [9.17, 15) is 9.59 Å². The largest absolute Gasteiger partial charge is 0.469 e. The number of carbonyl (C=O) groups excluding carboxylic acids is 2. The van der Waals surface area contributed by atoms with Crippen LogP contribution >= 0.6 is 0 Å². The van der Waals surface area contributed by atoms with Crippen molar-refractivity contribution in [2.24, 2.45) is 5.41 Å². The number of nitrogens with zero attached hydrogens (tertiary/aromatic N) is 1. The van der Waals surface area contributed by atoms with Crippen LogP contribution in [0, 0.1) is 5.41 Å². The minimum Gasteiger partial charge on any atom is -0.469 e. The number of piperidine rings is 1. The van der Waals surface area contributed by atoms with Crippen LogP contribution in [-0.4, -0.2) is 42.3 Å². The molecule has 0 unspecified atom stereocenters. The second-order valence-electron chi connectivity index (χ2n) is 7.06. The molecule has 1 saturated carbocycles. The highest BCUT2D eigenvalue weighted by molar-refractivity contribution is 5.73. The van der Waals surface area contributed by atoms with Crippen molar-refractivity contribution < 1.29 is 19.1 Å². The summed E-state index contributed by atoms with van der Waals surface area (Å²) in [4.78, 5) is 25.6. The lowest BCUT2D eigenvalue weighted by Crippen LogP contribution is -2.49. The second kappa shape index (κ2) is 5.26. The van der Waals surface area contributed by atoms with Crippen molar-refractivity contribution in [3.8, 4) is 0 Å². The average Bonchev–Trinajstić information content (AvgIpc) is 3.06. The molecule has 0 aromatic heterocycles. The van der Waals surface area contributed by atoms with Crippen LogP contribution in [-0.2, 0) is 14.3 Å². The first-order valence-corrected chi connectivity index (χ1v) is 7.31. The van der Waals surface area contributed by atoms with Crippen molar-refractivity contribution in [2.45, 2.75) is 64.5 Å². The first-order valence-electron chi connectivity index (χ1n) is 7.31. The van der Waals surface area contributed by atoms with Crippen molar-refractivity contribution >= 4 is 12.1 Å². The fourth-order valence-electron chi connectivity index (χ4n) is 2.90. The molecule has 20 heavy (non-hydrogen) atoms. The SMILES string of the molecule is COC(=O)C[C@H]1CC2(CCN1C(=O)OC(C)(C)C)CC2. The van der Waals surface area contributed by atoms with Crippen LogP contribution in [0.2, 0.25) is 0 Å². The van der Waals surface area contributed by atoms with E-state index < -0.39 is 5.60 Å². The maximum atomic E-state index is 12.3. The molecule has 0 aromatic carbocycles. The van der Waals surface area contributed by atoms with Crippen molar-refractivity contribution in [2.75, 3.05) is 13.7 Å². The molecule has 5 nitrogen and oxygen atoms in total. The Morgan fingerprint density at radius 1 is 1.25 bits per heavy atom. The molecular weight excluding hydrogens is 258 g/mol. The molecule has 2 fully saturated rings. The van der Waals surface area contributed by atoms with Crippen molar-refractivity contribution in [1.82, 2.24) is 4.90 Å². The van der Waals surface area contributed by atoms with Gasteiger partial charge in [-0.25, -0.2) is 4.79 Å². The van der Waals surface area contributed by atoms with E-state index in [0.29, 0.717) is 12.0 Å². The van der Waals surface area contributed by atoms with Crippen LogP contribution in [0.5, 0.6) is 0 Å². The molecule has 2 aliphatic rings. The van der Waals surface area contributed by atoms with Gasteiger partial charge in [-0.2, -0.15) is 0 Å². The van der Waals surface area contributed by atoms with Crippen molar-refractivity contribution in [3.05, 3.63) is 0 Å². The molecule has 5 heteroatoms. The molecule has 2 rings (SSSR count). The number of carbonyl (C=O) groups is 2. The van der Waals surface area contributed by atoms with Gasteiger partial charge < -0.3 is 14.4 Å². The molecule has 0 radical (unpaired) electrons. The molecule has 1 spiro atoms. The van der Waals surface area contributed by atoms with Crippen LogP contribution in [0.3, 0.4) is 0 Å². The number of likely N-dealkylation sites (tertiary alicyclic amines) is 1. The third-order valence-corrected chi connectivity index (χ3v) is 4.21. The summed E-state index contributed by atoms with van der Waals surface area (Å²) in [6.07, 6.45) is 4.28.